The first kappa shape index (κ1) is 14.9. The van der Waals surface area contributed by atoms with Gasteiger partial charge in [-0.2, -0.15) is 5.10 Å². The van der Waals surface area contributed by atoms with Gasteiger partial charge in [0, 0.05) is 37.7 Å². The van der Waals surface area contributed by atoms with Gasteiger partial charge in [0.2, 0.25) is 5.88 Å². The van der Waals surface area contributed by atoms with Crippen LogP contribution in [0.25, 0.3) is 5.65 Å². The fourth-order valence-corrected chi connectivity index (χ4v) is 3.04. The number of aromatic nitrogens is 5. The second-order valence-electron chi connectivity index (χ2n) is 6.11. The van der Waals surface area contributed by atoms with E-state index in [1.807, 2.05) is 25.3 Å². The van der Waals surface area contributed by atoms with Crippen molar-refractivity contribution < 1.29 is 4.74 Å². The largest absolute Gasteiger partial charge is 0.476 e. The average molecular weight is 324 g/mol. The molecule has 3 aromatic heterocycles. The molecule has 0 unspecified atom stereocenters. The molecule has 0 spiro atoms. The summed E-state index contributed by atoms with van der Waals surface area (Å²) >= 11 is 0. The summed E-state index contributed by atoms with van der Waals surface area (Å²) in [5, 5.41) is 4.19. The fraction of sp³-hybridized carbons (Fsp3) is 0.412. The molecule has 4 heterocycles. The van der Waals surface area contributed by atoms with Crippen molar-refractivity contribution >= 4 is 11.5 Å². The number of hydrogen-bond donors (Lipinski definition) is 0. The summed E-state index contributed by atoms with van der Waals surface area (Å²) in [7, 11) is 0. The molecule has 124 valence electrons. The summed E-state index contributed by atoms with van der Waals surface area (Å²) in [5.41, 5.74) is 1.73. The fourth-order valence-electron chi connectivity index (χ4n) is 3.04. The Morgan fingerprint density at radius 2 is 1.96 bits per heavy atom. The Labute approximate surface area is 140 Å². The number of aryl methyl sites for hydroxylation is 1. The number of anilines is 1. The lowest BCUT2D eigenvalue weighted by Gasteiger charge is -2.32. The van der Waals surface area contributed by atoms with Crippen LogP contribution in [0.1, 0.15) is 18.5 Å². The summed E-state index contributed by atoms with van der Waals surface area (Å²) in [6.07, 6.45) is 9.26. The molecule has 24 heavy (non-hydrogen) atoms. The van der Waals surface area contributed by atoms with Crippen LogP contribution in [0.15, 0.2) is 36.9 Å². The van der Waals surface area contributed by atoms with Crippen molar-refractivity contribution in [3.05, 3.63) is 42.6 Å². The Balaban J connectivity index is 1.34. The van der Waals surface area contributed by atoms with Crippen LogP contribution in [0.4, 0.5) is 5.82 Å². The van der Waals surface area contributed by atoms with E-state index < -0.39 is 0 Å². The van der Waals surface area contributed by atoms with E-state index in [1.165, 1.54) is 0 Å². The quantitative estimate of drug-likeness (QED) is 0.732. The highest BCUT2D eigenvalue weighted by Crippen LogP contribution is 2.23. The van der Waals surface area contributed by atoms with Gasteiger partial charge in [-0.15, -0.1) is 0 Å². The van der Waals surface area contributed by atoms with E-state index >= 15 is 0 Å². The molecule has 3 aromatic rings. The molecule has 1 aliphatic rings. The topological polar surface area (TPSA) is 68.4 Å². The van der Waals surface area contributed by atoms with E-state index in [1.54, 1.807) is 23.1 Å². The molecule has 0 amide bonds. The van der Waals surface area contributed by atoms with Gasteiger partial charge < -0.3 is 9.64 Å². The third-order valence-electron chi connectivity index (χ3n) is 4.47. The van der Waals surface area contributed by atoms with Crippen molar-refractivity contribution in [2.45, 2.75) is 19.8 Å². The van der Waals surface area contributed by atoms with Crippen molar-refractivity contribution in [3.63, 3.8) is 0 Å². The summed E-state index contributed by atoms with van der Waals surface area (Å²) in [6, 6.07) is 3.95. The first-order valence-electron chi connectivity index (χ1n) is 8.25. The van der Waals surface area contributed by atoms with Gasteiger partial charge in [0.15, 0.2) is 5.65 Å². The van der Waals surface area contributed by atoms with Crippen molar-refractivity contribution in [2.75, 3.05) is 24.6 Å². The lowest BCUT2D eigenvalue weighted by molar-refractivity contribution is 0.214. The maximum atomic E-state index is 5.85. The zero-order valence-corrected chi connectivity index (χ0v) is 13.7. The second kappa shape index (κ2) is 6.43. The van der Waals surface area contributed by atoms with Gasteiger partial charge in [0.05, 0.1) is 18.5 Å². The lowest BCUT2D eigenvalue weighted by atomic mass is 9.98. The number of nitrogens with zero attached hydrogens (tertiary/aromatic N) is 6. The third kappa shape index (κ3) is 3.02. The van der Waals surface area contributed by atoms with Crippen LogP contribution in [0.5, 0.6) is 5.88 Å². The molecule has 7 heteroatoms. The molecule has 0 aromatic carbocycles. The molecular weight excluding hydrogens is 304 g/mol. The van der Waals surface area contributed by atoms with Crippen LogP contribution in [-0.2, 0) is 0 Å². The van der Waals surface area contributed by atoms with Crippen LogP contribution in [-0.4, -0.2) is 44.3 Å². The van der Waals surface area contributed by atoms with E-state index in [-0.39, 0.29) is 0 Å². The maximum Gasteiger partial charge on any atom is 0.235 e. The Kier molecular flexibility index (Phi) is 3.98. The molecule has 7 nitrogen and oxygen atoms in total. The van der Waals surface area contributed by atoms with Gasteiger partial charge in [-0.25, -0.2) is 14.5 Å². The monoisotopic (exact) mass is 324 g/mol. The third-order valence-corrected chi connectivity index (χ3v) is 4.47. The van der Waals surface area contributed by atoms with Gasteiger partial charge in [-0.1, -0.05) is 0 Å². The number of rotatable bonds is 4. The van der Waals surface area contributed by atoms with Gasteiger partial charge >= 0.3 is 0 Å². The van der Waals surface area contributed by atoms with E-state index in [0.29, 0.717) is 18.4 Å². The zero-order valence-electron chi connectivity index (χ0n) is 13.7. The summed E-state index contributed by atoms with van der Waals surface area (Å²) in [6.45, 7) is 4.60. The van der Waals surface area contributed by atoms with E-state index in [9.17, 15) is 0 Å². The molecule has 0 atom stereocenters. The molecule has 0 aliphatic carbocycles. The Hall–Kier alpha value is -2.70. The van der Waals surface area contributed by atoms with Crippen LogP contribution < -0.4 is 9.64 Å². The molecular formula is C17H20N6O. The molecule has 1 saturated heterocycles. The number of fused-ring (bicyclic) bond motifs is 1. The summed E-state index contributed by atoms with van der Waals surface area (Å²) in [5.74, 6) is 2.21. The molecule has 0 radical (unpaired) electrons. The van der Waals surface area contributed by atoms with Gasteiger partial charge in [-0.3, -0.25) is 4.98 Å². The van der Waals surface area contributed by atoms with Crippen LogP contribution in [0, 0.1) is 12.8 Å². The molecule has 1 fully saturated rings. The van der Waals surface area contributed by atoms with Crippen LogP contribution >= 0.6 is 0 Å². The van der Waals surface area contributed by atoms with E-state index in [0.717, 1.165) is 43.1 Å². The van der Waals surface area contributed by atoms with Crippen molar-refractivity contribution in [1.82, 2.24) is 24.6 Å². The summed E-state index contributed by atoms with van der Waals surface area (Å²) < 4.78 is 7.63. The minimum Gasteiger partial charge on any atom is -0.476 e. The zero-order chi connectivity index (χ0) is 16.4. The highest BCUT2D eigenvalue weighted by atomic mass is 16.5. The standard InChI is InChI=1S/C17H20N6O/c1-13-17(19-8-7-18-13)24-12-14-3-9-22(10-4-14)15-5-11-23-16(21-15)2-6-20-23/h2,5-8,11,14H,3-4,9-10,12H2,1H3. The molecule has 0 saturated carbocycles. The van der Waals surface area contributed by atoms with Gasteiger partial charge in [0.1, 0.15) is 5.82 Å². The van der Waals surface area contributed by atoms with E-state index in [4.69, 9.17) is 4.74 Å². The highest BCUT2D eigenvalue weighted by Gasteiger charge is 2.21. The second-order valence-corrected chi connectivity index (χ2v) is 6.11. The van der Waals surface area contributed by atoms with Crippen molar-refractivity contribution in [2.24, 2.45) is 5.92 Å². The summed E-state index contributed by atoms with van der Waals surface area (Å²) in [4.78, 5) is 15.4. The minimum atomic E-state index is 0.543. The van der Waals surface area contributed by atoms with Crippen molar-refractivity contribution in [3.8, 4) is 5.88 Å². The predicted octanol–water partition coefficient (Wildman–Crippen LogP) is 2.12. The van der Waals surface area contributed by atoms with Crippen molar-refractivity contribution in [1.29, 1.82) is 0 Å². The van der Waals surface area contributed by atoms with Gasteiger partial charge in [-0.05, 0) is 31.7 Å². The Morgan fingerprint density at radius 1 is 1.12 bits per heavy atom. The predicted molar refractivity (Wildman–Crippen MR) is 90.2 cm³/mol. The van der Waals surface area contributed by atoms with Gasteiger partial charge in [0.25, 0.3) is 0 Å². The van der Waals surface area contributed by atoms with E-state index in [2.05, 4.69) is 25.0 Å². The lowest BCUT2D eigenvalue weighted by Crippen LogP contribution is -2.36. The number of ether oxygens (including phenoxy) is 1. The SMILES string of the molecule is Cc1nccnc1OCC1CCN(c2ccn3nccc3n2)CC1. The Bertz CT molecular complexity index is 825. The maximum absolute atomic E-state index is 5.85. The number of hydrogen-bond acceptors (Lipinski definition) is 6. The minimum absolute atomic E-state index is 0.543. The smallest absolute Gasteiger partial charge is 0.235 e. The molecule has 0 bridgehead atoms. The van der Waals surface area contributed by atoms with Crippen LogP contribution in [0.3, 0.4) is 0 Å². The van der Waals surface area contributed by atoms with Crippen LogP contribution in [0.2, 0.25) is 0 Å². The highest BCUT2D eigenvalue weighted by molar-refractivity contribution is 5.47. The first-order valence-corrected chi connectivity index (χ1v) is 8.25. The molecule has 0 N–H and O–H groups in total. The number of piperidine rings is 1. The Morgan fingerprint density at radius 3 is 2.79 bits per heavy atom. The average Bonchev–Trinajstić information content (AvgIpc) is 3.09. The molecule has 4 rings (SSSR count). The first-order chi connectivity index (χ1) is 11.8. The normalized spacial score (nSPS) is 15.8. The molecule has 1 aliphatic heterocycles.